The largest absolute Gasteiger partial charge is 0.464 e. The molecule has 0 atom stereocenters. The summed E-state index contributed by atoms with van der Waals surface area (Å²) in [5, 5.41) is -0.290. The average molecular weight is 340 g/mol. The van der Waals surface area contributed by atoms with E-state index in [0.29, 0.717) is 11.5 Å². The number of hydrogen-bond donors (Lipinski definition) is 0. The van der Waals surface area contributed by atoms with Gasteiger partial charge in [0.25, 0.3) is 0 Å². The highest BCUT2D eigenvalue weighted by Crippen LogP contribution is 2.34. The highest BCUT2D eigenvalue weighted by atomic mass is 35.5. The smallest absolute Gasteiger partial charge is 0.416 e. The first kappa shape index (κ1) is 15.4. The maximum atomic E-state index is 12.7. The quantitative estimate of drug-likeness (QED) is 0.565. The summed E-state index contributed by atoms with van der Waals surface area (Å²) >= 11 is 5.61. The van der Waals surface area contributed by atoms with E-state index in [1.807, 2.05) is 0 Å². The minimum atomic E-state index is -4.52. The summed E-state index contributed by atoms with van der Waals surface area (Å²) in [5.74, 6) is 0.788. The van der Waals surface area contributed by atoms with Gasteiger partial charge >= 0.3 is 6.18 Å². The number of ether oxygens (including phenoxy) is 1. The SMILES string of the molecule is FC(F)(F)c1cc(Cl)nc(Oc2ccc(-c3ccco3)cc2)c1. The molecule has 0 amide bonds. The summed E-state index contributed by atoms with van der Waals surface area (Å²) in [7, 11) is 0. The lowest BCUT2D eigenvalue weighted by molar-refractivity contribution is -0.137. The number of benzene rings is 1. The second kappa shape index (κ2) is 5.96. The first-order chi connectivity index (χ1) is 10.9. The fraction of sp³-hybridized carbons (Fsp3) is 0.0625. The molecule has 0 radical (unpaired) electrons. The second-order valence-electron chi connectivity index (χ2n) is 4.62. The van der Waals surface area contributed by atoms with Gasteiger partial charge in [0.05, 0.1) is 11.8 Å². The van der Waals surface area contributed by atoms with Crippen molar-refractivity contribution in [2.24, 2.45) is 0 Å². The highest BCUT2D eigenvalue weighted by Gasteiger charge is 2.31. The van der Waals surface area contributed by atoms with Gasteiger partial charge in [-0.3, -0.25) is 0 Å². The molecule has 0 N–H and O–H groups in total. The lowest BCUT2D eigenvalue weighted by Crippen LogP contribution is -2.05. The minimum Gasteiger partial charge on any atom is -0.464 e. The van der Waals surface area contributed by atoms with Crippen LogP contribution in [0.2, 0.25) is 5.15 Å². The zero-order chi connectivity index (χ0) is 16.4. The van der Waals surface area contributed by atoms with Gasteiger partial charge in [0.2, 0.25) is 5.88 Å². The highest BCUT2D eigenvalue weighted by molar-refractivity contribution is 6.29. The zero-order valence-corrected chi connectivity index (χ0v) is 12.2. The molecule has 0 aliphatic heterocycles. The van der Waals surface area contributed by atoms with E-state index in [9.17, 15) is 13.2 Å². The Hall–Kier alpha value is -2.47. The topological polar surface area (TPSA) is 35.3 Å². The van der Waals surface area contributed by atoms with Gasteiger partial charge in [-0.1, -0.05) is 11.6 Å². The van der Waals surface area contributed by atoms with Crippen LogP contribution in [-0.4, -0.2) is 4.98 Å². The number of furan rings is 1. The van der Waals surface area contributed by atoms with Crippen LogP contribution in [0.3, 0.4) is 0 Å². The number of aromatic nitrogens is 1. The Balaban J connectivity index is 1.83. The van der Waals surface area contributed by atoms with Gasteiger partial charge in [-0.2, -0.15) is 13.2 Å². The molecule has 0 saturated heterocycles. The Kier molecular flexibility index (Phi) is 4.00. The lowest BCUT2D eigenvalue weighted by atomic mass is 10.2. The molecule has 0 fully saturated rings. The van der Waals surface area contributed by atoms with E-state index < -0.39 is 11.7 Å². The third-order valence-electron chi connectivity index (χ3n) is 2.98. The Morgan fingerprint density at radius 3 is 2.39 bits per heavy atom. The fourth-order valence-electron chi connectivity index (χ4n) is 1.94. The normalized spacial score (nSPS) is 11.5. The van der Waals surface area contributed by atoms with Gasteiger partial charge in [0, 0.05) is 11.6 Å². The van der Waals surface area contributed by atoms with Crippen molar-refractivity contribution in [3.63, 3.8) is 0 Å². The zero-order valence-electron chi connectivity index (χ0n) is 11.5. The second-order valence-corrected chi connectivity index (χ2v) is 5.01. The van der Waals surface area contributed by atoms with Gasteiger partial charge in [-0.05, 0) is 42.5 Å². The Labute approximate surface area is 134 Å². The third-order valence-corrected chi connectivity index (χ3v) is 3.17. The molecule has 3 rings (SSSR count). The van der Waals surface area contributed by atoms with E-state index in [1.165, 1.54) is 0 Å². The molecule has 23 heavy (non-hydrogen) atoms. The number of alkyl halides is 3. The molecule has 7 heteroatoms. The van der Waals surface area contributed by atoms with Crippen molar-refractivity contribution in [3.05, 3.63) is 65.5 Å². The average Bonchev–Trinajstić information content (AvgIpc) is 3.01. The molecule has 2 aromatic heterocycles. The van der Waals surface area contributed by atoms with Crippen molar-refractivity contribution >= 4 is 11.6 Å². The number of nitrogens with zero attached hydrogens (tertiary/aromatic N) is 1. The van der Waals surface area contributed by atoms with E-state index in [0.717, 1.165) is 17.7 Å². The molecule has 0 saturated carbocycles. The molecule has 118 valence electrons. The first-order valence-corrected chi connectivity index (χ1v) is 6.86. The van der Waals surface area contributed by atoms with Crippen molar-refractivity contribution < 1.29 is 22.3 Å². The number of rotatable bonds is 3. The molecule has 1 aromatic carbocycles. The Morgan fingerprint density at radius 1 is 1.04 bits per heavy atom. The van der Waals surface area contributed by atoms with E-state index >= 15 is 0 Å². The predicted molar refractivity (Wildman–Crippen MR) is 78.5 cm³/mol. The molecule has 3 nitrogen and oxygen atoms in total. The van der Waals surface area contributed by atoms with Gasteiger partial charge < -0.3 is 9.15 Å². The fourth-order valence-corrected chi connectivity index (χ4v) is 2.14. The molecule has 0 spiro atoms. The molecular weight excluding hydrogens is 331 g/mol. The third kappa shape index (κ3) is 3.65. The molecule has 2 heterocycles. The van der Waals surface area contributed by atoms with Crippen LogP contribution in [0.5, 0.6) is 11.6 Å². The molecule has 0 bridgehead atoms. The molecule has 0 aliphatic carbocycles. The number of pyridine rings is 1. The van der Waals surface area contributed by atoms with Crippen molar-refractivity contribution in [2.75, 3.05) is 0 Å². The van der Waals surface area contributed by atoms with E-state index in [4.69, 9.17) is 20.8 Å². The predicted octanol–water partition coefficient (Wildman–Crippen LogP) is 5.81. The first-order valence-electron chi connectivity index (χ1n) is 6.48. The van der Waals surface area contributed by atoms with Crippen LogP contribution < -0.4 is 4.74 Å². The summed E-state index contributed by atoms with van der Waals surface area (Å²) in [5.41, 5.74) is -0.0999. The van der Waals surface area contributed by atoms with Gasteiger partial charge in [0.1, 0.15) is 16.7 Å². The summed E-state index contributed by atoms with van der Waals surface area (Å²) < 4.78 is 48.8. The van der Waals surface area contributed by atoms with Crippen LogP contribution >= 0.6 is 11.6 Å². The summed E-state index contributed by atoms with van der Waals surface area (Å²) in [4.78, 5) is 3.74. The standard InChI is InChI=1S/C16H9ClF3NO2/c17-14-8-11(16(18,19)20)9-15(21-14)23-12-5-3-10(4-6-12)13-2-1-7-22-13/h1-9H. The van der Waals surface area contributed by atoms with Crippen LogP contribution in [0, 0.1) is 0 Å². The van der Waals surface area contributed by atoms with Gasteiger partial charge in [-0.15, -0.1) is 0 Å². The van der Waals surface area contributed by atoms with Crippen LogP contribution in [0.25, 0.3) is 11.3 Å². The van der Waals surface area contributed by atoms with Gasteiger partial charge in [-0.25, -0.2) is 4.98 Å². The molecule has 0 aliphatic rings. The maximum absolute atomic E-state index is 12.7. The van der Waals surface area contributed by atoms with Gasteiger partial charge in [0.15, 0.2) is 0 Å². The van der Waals surface area contributed by atoms with Crippen LogP contribution in [0.1, 0.15) is 5.56 Å². The van der Waals surface area contributed by atoms with Crippen LogP contribution in [0.4, 0.5) is 13.2 Å². The molecule has 3 aromatic rings. The van der Waals surface area contributed by atoms with Crippen molar-refractivity contribution in [1.29, 1.82) is 0 Å². The Morgan fingerprint density at radius 2 is 1.78 bits per heavy atom. The lowest BCUT2D eigenvalue weighted by Gasteiger charge is -2.10. The van der Waals surface area contributed by atoms with Crippen molar-refractivity contribution in [3.8, 4) is 23.0 Å². The summed E-state index contributed by atoms with van der Waals surface area (Å²) in [6.45, 7) is 0. The molecular formula is C16H9ClF3NO2. The van der Waals surface area contributed by atoms with E-state index in [2.05, 4.69) is 4.98 Å². The van der Waals surface area contributed by atoms with E-state index in [1.54, 1.807) is 42.7 Å². The summed E-state index contributed by atoms with van der Waals surface area (Å²) in [6, 6.07) is 11.8. The van der Waals surface area contributed by atoms with Crippen molar-refractivity contribution in [1.82, 2.24) is 4.98 Å². The number of halogens is 4. The number of hydrogen-bond acceptors (Lipinski definition) is 3. The monoisotopic (exact) mass is 339 g/mol. The Bertz CT molecular complexity index is 799. The molecule has 0 unspecified atom stereocenters. The van der Waals surface area contributed by atoms with Crippen LogP contribution in [0.15, 0.2) is 59.2 Å². The van der Waals surface area contributed by atoms with Crippen molar-refractivity contribution in [2.45, 2.75) is 6.18 Å². The van der Waals surface area contributed by atoms with Crippen LogP contribution in [-0.2, 0) is 6.18 Å². The van der Waals surface area contributed by atoms with E-state index in [-0.39, 0.29) is 11.0 Å². The summed E-state index contributed by atoms with van der Waals surface area (Å²) in [6.07, 6.45) is -2.97. The maximum Gasteiger partial charge on any atom is 0.416 e. The minimum absolute atomic E-state index is 0.226.